The first-order chi connectivity index (χ1) is 8.33. The molecule has 0 amide bonds. The molecular weight excluding hydrogens is 234 g/mol. The van der Waals surface area contributed by atoms with Crippen LogP contribution < -0.4 is 5.32 Å². The van der Waals surface area contributed by atoms with Crippen molar-refractivity contribution in [2.45, 2.75) is 13.5 Å². The van der Waals surface area contributed by atoms with Crippen LogP contribution in [0.25, 0.3) is 10.6 Å². The Morgan fingerprint density at radius 1 is 1.53 bits per heavy atom. The molecule has 0 aliphatic heterocycles. The second kappa shape index (κ2) is 5.95. The Morgan fingerprint density at radius 2 is 2.41 bits per heavy atom. The molecule has 0 fully saturated rings. The molecule has 2 aromatic heterocycles. The normalized spacial score (nSPS) is 10.9. The van der Waals surface area contributed by atoms with Crippen molar-refractivity contribution in [1.29, 1.82) is 0 Å². The Kier molecular flexibility index (Phi) is 4.30. The molecule has 92 valence electrons. The minimum Gasteiger partial charge on any atom is -0.383 e. The molecule has 0 spiro atoms. The number of nitrogens with zero attached hydrogens (tertiary/aromatic N) is 1. The lowest BCUT2D eigenvalue weighted by atomic mass is 10.1. The van der Waals surface area contributed by atoms with Crippen molar-refractivity contribution in [3.63, 3.8) is 0 Å². The van der Waals surface area contributed by atoms with Gasteiger partial charge < -0.3 is 10.1 Å². The molecule has 5 heteroatoms. The fraction of sp³-hybridized carbons (Fsp3) is 0.417. The third kappa shape index (κ3) is 2.94. The third-order valence-electron chi connectivity index (χ3n) is 2.61. The number of aromatic nitrogens is 2. The predicted molar refractivity (Wildman–Crippen MR) is 70.2 cm³/mol. The molecule has 0 radical (unpaired) electrons. The van der Waals surface area contributed by atoms with Gasteiger partial charge in [0, 0.05) is 25.8 Å². The van der Waals surface area contributed by atoms with Gasteiger partial charge in [-0.1, -0.05) is 0 Å². The molecule has 0 saturated carbocycles. The molecule has 2 aromatic rings. The molecule has 0 aliphatic carbocycles. The van der Waals surface area contributed by atoms with Gasteiger partial charge in [0.15, 0.2) is 0 Å². The van der Waals surface area contributed by atoms with E-state index in [2.05, 4.69) is 33.9 Å². The maximum Gasteiger partial charge on any atom is 0.0797 e. The van der Waals surface area contributed by atoms with Gasteiger partial charge in [0.1, 0.15) is 0 Å². The van der Waals surface area contributed by atoms with Crippen LogP contribution in [0.5, 0.6) is 0 Å². The maximum atomic E-state index is 5.00. The number of rotatable bonds is 6. The first-order valence-corrected chi connectivity index (χ1v) is 6.47. The van der Waals surface area contributed by atoms with E-state index in [1.54, 1.807) is 18.4 Å². The van der Waals surface area contributed by atoms with Crippen molar-refractivity contribution < 1.29 is 4.74 Å². The van der Waals surface area contributed by atoms with Crippen LogP contribution in [0.1, 0.15) is 11.1 Å². The Labute approximate surface area is 105 Å². The standard InChI is InChI=1S/C12H17N3OS/c1-9-3-6-17-12(9)11-10(8-14-15-11)7-13-4-5-16-2/h3,6,8,13H,4-5,7H2,1-2H3,(H,14,15). The van der Waals surface area contributed by atoms with Gasteiger partial charge in [-0.05, 0) is 23.9 Å². The summed E-state index contributed by atoms with van der Waals surface area (Å²) in [5.74, 6) is 0. The van der Waals surface area contributed by atoms with Gasteiger partial charge in [0.2, 0.25) is 0 Å². The Morgan fingerprint density at radius 3 is 3.12 bits per heavy atom. The molecule has 2 heterocycles. The Bertz CT molecular complexity index is 464. The van der Waals surface area contributed by atoms with Crippen molar-refractivity contribution >= 4 is 11.3 Å². The fourth-order valence-electron chi connectivity index (χ4n) is 1.67. The van der Waals surface area contributed by atoms with Crippen LogP contribution in [-0.4, -0.2) is 30.5 Å². The van der Waals surface area contributed by atoms with Crippen LogP contribution in [0, 0.1) is 6.92 Å². The molecule has 0 atom stereocenters. The summed E-state index contributed by atoms with van der Waals surface area (Å²) in [6.45, 7) is 4.51. The van der Waals surface area contributed by atoms with E-state index >= 15 is 0 Å². The smallest absolute Gasteiger partial charge is 0.0797 e. The number of aromatic amines is 1. The molecule has 2 rings (SSSR count). The highest BCUT2D eigenvalue weighted by atomic mass is 32.1. The Hall–Kier alpha value is -1.17. The average Bonchev–Trinajstić information content (AvgIpc) is 2.93. The highest BCUT2D eigenvalue weighted by Gasteiger charge is 2.10. The van der Waals surface area contributed by atoms with Crippen LogP contribution in [0.4, 0.5) is 0 Å². The van der Waals surface area contributed by atoms with E-state index in [-0.39, 0.29) is 0 Å². The third-order valence-corrected chi connectivity index (χ3v) is 3.64. The minimum atomic E-state index is 0.727. The van der Waals surface area contributed by atoms with Gasteiger partial charge in [0.05, 0.1) is 23.4 Å². The number of H-pyrrole nitrogens is 1. The summed E-state index contributed by atoms with van der Waals surface area (Å²) in [6.07, 6.45) is 1.88. The van der Waals surface area contributed by atoms with E-state index in [0.29, 0.717) is 0 Å². The quantitative estimate of drug-likeness (QED) is 0.774. The van der Waals surface area contributed by atoms with E-state index < -0.39 is 0 Å². The van der Waals surface area contributed by atoms with Gasteiger partial charge in [-0.25, -0.2) is 0 Å². The Balaban J connectivity index is 2.05. The number of hydrogen-bond acceptors (Lipinski definition) is 4. The lowest BCUT2D eigenvalue weighted by Crippen LogP contribution is -2.18. The van der Waals surface area contributed by atoms with Crippen molar-refractivity contribution in [3.8, 4) is 10.6 Å². The molecule has 17 heavy (non-hydrogen) atoms. The summed E-state index contributed by atoms with van der Waals surface area (Å²) in [7, 11) is 1.71. The van der Waals surface area contributed by atoms with Crippen LogP contribution in [0.15, 0.2) is 17.6 Å². The van der Waals surface area contributed by atoms with E-state index in [4.69, 9.17) is 4.74 Å². The van der Waals surface area contributed by atoms with E-state index in [9.17, 15) is 0 Å². The van der Waals surface area contributed by atoms with Gasteiger partial charge in [-0.3, -0.25) is 5.10 Å². The van der Waals surface area contributed by atoms with Crippen molar-refractivity contribution in [2.75, 3.05) is 20.3 Å². The zero-order valence-electron chi connectivity index (χ0n) is 10.1. The topological polar surface area (TPSA) is 49.9 Å². The van der Waals surface area contributed by atoms with Crippen LogP contribution in [0.2, 0.25) is 0 Å². The van der Waals surface area contributed by atoms with Gasteiger partial charge in [-0.2, -0.15) is 5.10 Å². The van der Waals surface area contributed by atoms with Crippen molar-refractivity contribution in [2.24, 2.45) is 0 Å². The zero-order chi connectivity index (χ0) is 12.1. The molecule has 4 nitrogen and oxygen atoms in total. The van der Waals surface area contributed by atoms with Crippen LogP contribution in [-0.2, 0) is 11.3 Å². The number of aryl methyl sites for hydroxylation is 1. The maximum absolute atomic E-state index is 5.00. The lowest BCUT2D eigenvalue weighted by molar-refractivity contribution is 0.199. The predicted octanol–water partition coefficient (Wildman–Crippen LogP) is 2.18. The lowest BCUT2D eigenvalue weighted by Gasteiger charge is -2.04. The zero-order valence-corrected chi connectivity index (χ0v) is 10.9. The molecule has 2 N–H and O–H groups in total. The summed E-state index contributed by atoms with van der Waals surface area (Å²) < 4.78 is 5.00. The van der Waals surface area contributed by atoms with Gasteiger partial charge in [0.25, 0.3) is 0 Å². The largest absolute Gasteiger partial charge is 0.383 e. The monoisotopic (exact) mass is 251 g/mol. The van der Waals surface area contributed by atoms with Crippen LogP contribution in [0.3, 0.4) is 0 Å². The molecule has 0 saturated heterocycles. The number of ether oxygens (including phenoxy) is 1. The fourth-order valence-corrected chi connectivity index (χ4v) is 2.62. The summed E-state index contributed by atoms with van der Waals surface area (Å²) in [4.78, 5) is 1.27. The molecule has 0 bridgehead atoms. The van der Waals surface area contributed by atoms with Crippen LogP contribution >= 0.6 is 11.3 Å². The van der Waals surface area contributed by atoms with Crippen molar-refractivity contribution in [1.82, 2.24) is 15.5 Å². The van der Waals surface area contributed by atoms with E-state index in [0.717, 1.165) is 25.4 Å². The summed E-state index contributed by atoms with van der Waals surface area (Å²) in [6, 6.07) is 2.13. The van der Waals surface area contributed by atoms with E-state index in [1.807, 2.05) is 6.20 Å². The summed E-state index contributed by atoms with van der Waals surface area (Å²) in [5.41, 5.74) is 3.62. The molecule has 0 aromatic carbocycles. The first-order valence-electron chi connectivity index (χ1n) is 5.59. The van der Waals surface area contributed by atoms with Gasteiger partial charge >= 0.3 is 0 Å². The average molecular weight is 251 g/mol. The summed E-state index contributed by atoms with van der Waals surface area (Å²) >= 11 is 1.74. The SMILES string of the molecule is COCCNCc1cn[nH]c1-c1sccc1C. The second-order valence-electron chi connectivity index (χ2n) is 3.87. The highest BCUT2D eigenvalue weighted by Crippen LogP contribution is 2.29. The first kappa shape index (κ1) is 12.3. The number of methoxy groups -OCH3 is 1. The van der Waals surface area contributed by atoms with E-state index in [1.165, 1.54) is 16.0 Å². The van der Waals surface area contributed by atoms with Crippen molar-refractivity contribution in [3.05, 3.63) is 28.8 Å². The molecule has 0 unspecified atom stereocenters. The minimum absolute atomic E-state index is 0.727. The van der Waals surface area contributed by atoms with Gasteiger partial charge in [-0.15, -0.1) is 11.3 Å². The summed E-state index contributed by atoms with van der Waals surface area (Å²) in [5, 5.41) is 12.6. The molecular formula is C12H17N3OS. The number of hydrogen-bond donors (Lipinski definition) is 2. The number of thiophene rings is 1. The highest BCUT2D eigenvalue weighted by molar-refractivity contribution is 7.13. The second-order valence-corrected chi connectivity index (χ2v) is 4.79. The number of nitrogens with one attached hydrogen (secondary N) is 2. The molecule has 0 aliphatic rings.